The molecule has 0 bridgehead atoms. The van der Waals surface area contributed by atoms with E-state index in [0.717, 1.165) is 16.7 Å². The highest BCUT2D eigenvalue weighted by Crippen LogP contribution is 2.29. The van der Waals surface area contributed by atoms with Gasteiger partial charge < -0.3 is 5.21 Å². The standard InChI is InChI=1S/C16H15NO/c1-13(12-17-18)16(14-8-4-2-5-9-14)15-10-6-3-7-11-15/h2-11,16,18H,1H3. The average molecular weight is 237 g/mol. The summed E-state index contributed by atoms with van der Waals surface area (Å²) >= 11 is 0. The molecule has 0 spiro atoms. The fourth-order valence-corrected chi connectivity index (χ4v) is 2.13. The van der Waals surface area contributed by atoms with Gasteiger partial charge in [0.25, 0.3) is 0 Å². The molecule has 0 saturated heterocycles. The summed E-state index contributed by atoms with van der Waals surface area (Å²) in [5, 5.41) is 11.7. The molecule has 0 atom stereocenters. The highest BCUT2D eigenvalue weighted by atomic mass is 16.4. The second-order valence-electron chi connectivity index (χ2n) is 4.15. The molecule has 2 heteroatoms. The van der Waals surface area contributed by atoms with Crippen LogP contribution >= 0.6 is 0 Å². The Morgan fingerprint density at radius 3 is 1.78 bits per heavy atom. The van der Waals surface area contributed by atoms with E-state index in [1.807, 2.05) is 43.3 Å². The molecule has 0 fully saturated rings. The molecule has 0 aliphatic carbocycles. The van der Waals surface area contributed by atoms with Crippen LogP contribution in [-0.2, 0) is 0 Å². The summed E-state index contributed by atoms with van der Waals surface area (Å²) < 4.78 is 0. The van der Waals surface area contributed by atoms with Gasteiger partial charge in [-0.1, -0.05) is 60.7 Å². The lowest BCUT2D eigenvalue weighted by atomic mass is 9.86. The van der Waals surface area contributed by atoms with E-state index in [-0.39, 0.29) is 5.92 Å². The molecular weight excluding hydrogens is 222 g/mol. The van der Waals surface area contributed by atoms with E-state index in [4.69, 9.17) is 5.21 Å². The maximum absolute atomic E-state index is 8.67. The molecule has 2 aromatic rings. The highest BCUT2D eigenvalue weighted by molar-refractivity contribution is 5.62. The Balaban J connectivity index is 2.52. The van der Waals surface area contributed by atoms with Crippen molar-refractivity contribution in [3.05, 3.63) is 77.4 Å². The molecule has 90 valence electrons. The van der Waals surface area contributed by atoms with Gasteiger partial charge >= 0.3 is 0 Å². The minimum atomic E-state index is 0.0725. The molecule has 0 saturated carbocycles. The number of nitrogens with zero attached hydrogens (tertiary/aromatic N) is 1. The lowest BCUT2D eigenvalue weighted by molar-refractivity contribution is 0.322. The van der Waals surface area contributed by atoms with Gasteiger partial charge in [0.15, 0.2) is 0 Å². The van der Waals surface area contributed by atoms with Gasteiger partial charge in [-0.3, -0.25) is 0 Å². The van der Waals surface area contributed by atoms with Gasteiger partial charge in [-0.05, 0) is 23.2 Å². The van der Waals surface area contributed by atoms with Crippen molar-refractivity contribution in [3.63, 3.8) is 0 Å². The minimum Gasteiger partial charge on any atom is -0.404 e. The van der Waals surface area contributed by atoms with Gasteiger partial charge in [-0.25, -0.2) is 0 Å². The Bertz CT molecular complexity index is 515. The van der Waals surface area contributed by atoms with Crippen molar-refractivity contribution in [3.8, 4) is 0 Å². The molecule has 0 unspecified atom stereocenters. The van der Waals surface area contributed by atoms with Crippen LogP contribution < -0.4 is 0 Å². The number of hydrogen-bond donors (Lipinski definition) is 1. The number of benzene rings is 2. The minimum absolute atomic E-state index is 0.0725. The summed E-state index contributed by atoms with van der Waals surface area (Å²) in [6, 6.07) is 20.3. The van der Waals surface area contributed by atoms with Crippen LogP contribution in [0, 0.1) is 0 Å². The molecule has 0 aromatic heterocycles. The number of hydrogen-bond acceptors (Lipinski definition) is 2. The molecule has 1 N–H and O–H groups in total. The van der Waals surface area contributed by atoms with Gasteiger partial charge in [0.2, 0.25) is 0 Å². The zero-order chi connectivity index (χ0) is 12.8. The van der Waals surface area contributed by atoms with Gasteiger partial charge in [0.1, 0.15) is 0 Å². The Morgan fingerprint density at radius 1 is 0.944 bits per heavy atom. The van der Waals surface area contributed by atoms with E-state index in [1.165, 1.54) is 0 Å². The molecule has 2 aromatic carbocycles. The normalized spacial score (nSPS) is 9.89. The molecule has 2 rings (SSSR count). The van der Waals surface area contributed by atoms with Crippen LogP contribution in [0.1, 0.15) is 24.0 Å². The number of rotatable bonds is 3. The molecule has 0 aliphatic rings. The fourth-order valence-electron chi connectivity index (χ4n) is 2.13. The summed E-state index contributed by atoms with van der Waals surface area (Å²) in [4.78, 5) is 0. The Morgan fingerprint density at radius 2 is 1.39 bits per heavy atom. The topological polar surface area (TPSA) is 32.6 Å². The van der Waals surface area contributed by atoms with Crippen molar-refractivity contribution in [2.24, 2.45) is 5.16 Å². The first-order valence-electron chi connectivity index (χ1n) is 5.86. The van der Waals surface area contributed by atoms with E-state index in [9.17, 15) is 0 Å². The van der Waals surface area contributed by atoms with Gasteiger partial charge in [-0.2, -0.15) is 0 Å². The van der Waals surface area contributed by atoms with Crippen LogP contribution in [-0.4, -0.2) is 11.1 Å². The molecule has 0 amide bonds. The second kappa shape index (κ2) is 5.85. The zero-order valence-electron chi connectivity index (χ0n) is 10.2. The van der Waals surface area contributed by atoms with E-state index >= 15 is 0 Å². The molecule has 2 nitrogen and oxygen atoms in total. The Hall–Kier alpha value is -2.31. The Kier molecular flexibility index (Phi) is 3.95. The van der Waals surface area contributed by atoms with Gasteiger partial charge in [0.05, 0.1) is 0 Å². The fraction of sp³-hybridized carbons (Fsp3) is 0.125. The zero-order valence-corrected chi connectivity index (χ0v) is 10.2. The van der Waals surface area contributed by atoms with Crippen molar-refractivity contribution in [1.82, 2.24) is 0 Å². The third-order valence-corrected chi connectivity index (χ3v) is 2.93. The summed E-state index contributed by atoms with van der Waals surface area (Å²) in [7, 11) is 0. The molecule has 0 radical (unpaired) electrons. The van der Waals surface area contributed by atoms with Crippen LogP contribution in [0.3, 0.4) is 0 Å². The van der Waals surface area contributed by atoms with Crippen LogP contribution in [0.4, 0.5) is 0 Å². The van der Waals surface area contributed by atoms with Gasteiger partial charge in [0, 0.05) is 17.4 Å². The van der Waals surface area contributed by atoms with E-state index < -0.39 is 0 Å². The highest BCUT2D eigenvalue weighted by Gasteiger charge is 2.15. The van der Waals surface area contributed by atoms with Crippen molar-refractivity contribution < 1.29 is 5.21 Å². The molecule has 0 heterocycles. The van der Waals surface area contributed by atoms with Crippen molar-refractivity contribution in [2.75, 3.05) is 0 Å². The summed E-state index contributed by atoms with van der Waals surface area (Å²) in [6.45, 7) is 1.92. The van der Waals surface area contributed by atoms with Gasteiger partial charge in [-0.15, -0.1) is 0 Å². The van der Waals surface area contributed by atoms with Crippen molar-refractivity contribution in [1.29, 1.82) is 0 Å². The first-order chi connectivity index (χ1) is 8.83. The van der Waals surface area contributed by atoms with E-state index in [1.54, 1.807) is 0 Å². The lowest BCUT2D eigenvalue weighted by Gasteiger charge is -2.17. The predicted molar refractivity (Wildman–Crippen MR) is 73.1 cm³/mol. The largest absolute Gasteiger partial charge is 0.404 e. The quantitative estimate of drug-likeness (QED) is 0.491. The first kappa shape index (κ1) is 12.2. The van der Waals surface area contributed by atoms with Crippen LogP contribution in [0.5, 0.6) is 0 Å². The van der Waals surface area contributed by atoms with Crippen LogP contribution in [0.2, 0.25) is 0 Å². The van der Waals surface area contributed by atoms with E-state index in [2.05, 4.69) is 35.3 Å². The molecule has 18 heavy (non-hydrogen) atoms. The molecular formula is C16H15NO. The maximum atomic E-state index is 8.67. The predicted octanol–water partition coefficient (Wildman–Crippen LogP) is 3.82. The monoisotopic (exact) mass is 237 g/mol. The first-order valence-corrected chi connectivity index (χ1v) is 5.86. The second-order valence-corrected chi connectivity index (χ2v) is 4.15. The average Bonchev–Trinajstić information content (AvgIpc) is 2.42. The third kappa shape index (κ3) is 2.68. The SMILES string of the molecule is CC(=C=NO)C(c1ccccc1)c1ccccc1. The van der Waals surface area contributed by atoms with Crippen molar-refractivity contribution in [2.45, 2.75) is 12.8 Å². The van der Waals surface area contributed by atoms with Crippen LogP contribution in [0.25, 0.3) is 0 Å². The summed E-state index contributed by atoms with van der Waals surface area (Å²) in [5.74, 6) is 2.71. The Labute approximate surface area is 107 Å². The summed E-state index contributed by atoms with van der Waals surface area (Å²) in [6.07, 6.45) is 0. The molecule has 0 aliphatic heterocycles. The summed E-state index contributed by atoms with van der Waals surface area (Å²) in [5.41, 5.74) is 3.21. The number of allylic oxidation sites excluding steroid dienone is 1. The third-order valence-electron chi connectivity index (χ3n) is 2.93. The maximum Gasteiger partial charge on any atom is 0.0388 e. The smallest absolute Gasteiger partial charge is 0.0388 e. The lowest BCUT2D eigenvalue weighted by Crippen LogP contribution is -2.03. The van der Waals surface area contributed by atoms with E-state index in [0.29, 0.717) is 0 Å². The van der Waals surface area contributed by atoms with Crippen LogP contribution in [0.15, 0.2) is 71.4 Å². The van der Waals surface area contributed by atoms with Crippen molar-refractivity contribution >= 4 is 5.87 Å².